The SMILES string of the molecule is CCCOc1ccc(Cn2c(SC3OC(COC(C)=O)C(OC(C)=O)C(OC(C)=O)C3OC(C)=O)nc3ccccc32)cc1OC. The van der Waals surface area contributed by atoms with E-state index in [0.717, 1.165) is 29.3 Å². The van der Waals surface area contributed by atoms with Gasteiger partial charge in [0.05, 0.1) is 31.3 Å². The van der Waals surface area contributed by atoms with Gasteiger partial charge in [0.2, 0.25) is 0 Å². The summed E-state index contributed by atoms with van der Waals surface area (Å²) in [7, 11) is 1.58. The number of benzene rings is 2. The molecule has 5 atom stereocenters. The fraction of sp³-hybridized carbons (Fsp3) is 0.469. The summed E-state index contributed by atoms with van der Waals surface area (Å²) in [5, 5.41) is 0.493. The highest BCUT2D eigenvalue weighted by molar-refractivity contribution is 7.99. The highest BCUT2D eigenvalue weighted by Crippen LogP contribution is 2.39. The molecule has 2 heterocycles. The van der Waals surface area contributed by atoms with Crippen LogP contribution in [0.1, 0.15) is 46.6 Å². The minimum absolute atomic E-state index is 0.322. The Hall–Kier alpha value is -4.30. The Kier molecular flexibility index (Phi) is 11.9. The number of fused-ring (bicyclic) bond motifs is 1. The average molecular weight is 659 g/mol. The van der Waals surface area contributed by atoms with Gasteiger partial charge in [0.25, 0.3) is 0 Å². The predicted octanol–water partition coefficient (Wildman–Crippen LogP) is 4.06. The first-order valence-corrected chi connectivity index (χ1v) is 15.6. The van der Waals surface area contributed by atoms with Crippen molar-refractivity contribution >= 4 is 46.7 Å². The molecule has 1 aromatic heterocycles. The molecular weight excluding hydrogens is 620 g/mol. The van der Waals surface area contributed by atoms with Crippen molar-refractivity contribution in [2.45, 2.75) is 82.6 Å². The number of para-hydroxylation sites is 2. The fourth-order valence-corrected chi connectivity index (χ4v) is 6.20. The molecule has 1 aliphatic rings. The number of rotatable bonds is 13. The van der Waals surface area contributed by atoms with Crippen LogP contribution in [0.2, 0.25) is 0 Å². The molecule has 13 nitrogen and oxygen atoms in total. The lowest BCUT2D eigenvalue weighted by Crippen LogP contribution is -2.61. The van der Waals surface area contributed by atoms with Crippen LogP contribution in [-0.4, -0.2) is 83.6 Å². The molecule has 4 rings (SSSR count). The van der Waals surface area contributed by atoms with Gasteiger partial charge in [0.15, 0.2) is 40.4 Å². The summed E-state index contributed by atoms with van der Waals surface area (Å²) < 4.78 is 41.6. The van der Waals surface area contributed by atoms with Gasteiger partial charge in [-0.2, -0.15) is 0 Å². The third kappa shape index (κ3) is 8.69. The van der Waals surface area contributed by atoms with E-state index in [1.807, 2.05) is 54.0 Å². The molecule has 0 radical (unpaired) electrons. The van der Waals surface area contributed by atoms with Crippen LogP contribution < -0.4 is 9.47 Å². The number of esters is 4. The summed E-state index contributed by atoms with van der Waals surface area (Å²) in [4.78, 5) is 53.2. The van der Waals surface area contributed by atoms with Gasteiger partial charge in [-0.25, -0.2) is 4.98 Å². The molecule has 46 heavy (non-hydrogen) atoms. The number of hydrogen-bond acceptors (Lipinski definition) is 13. The summed E-state index contributed by atoms with van der Waals surface area (Å²) in [5.74, 6) is -1.45. The summed E-state index contributed by atoms with van der Waals surface area (Å²) in [5.41, 5.74) is 1.38. The minimum atomic E-state index is -1.28. The molecule has 0 bridgehead atoms. The Balaban J connectivity index is 1.76. The second-order valence-electron chi connectivity index (χ2n) is 10.5. The van der Waals surface area contributed by atoms with Gasteiger partial charge in [0.1, 0.15) is 12.7 Å². The first-order chi connectivity index (χ1) is 22.0. The molecule has 0 N–H and O–H groups in total. The molecule has 1 saturated heterocycles. The molecule has 0 saturated carbocycles. The summed E-state index contributed by atoms with van der Waals surface area (Å²) >= 11 is 1.12. The van der Waals surface area contributed by atoms with Crippen LogP contribution in [0.25, 0.3) is 11.0 Å². The van der Waals surface area contributed by atoms with Gasteiger partial charge in [-0.1, -0.05) is 36.9 Å². The molecule has 1 fully saturated rings. The van der Waals surface area contributed by atoms with Gasteiger partial charge in [-0.05, 0) is 36.2 Å². The zero-order chi connectivity index (χ0) is 33.4. The first-order valence-electron chi connectivity index (χ1n) is 14.7. The van der Waals surface area contributed by atoms with Crippen LogP contribution in [-0.2, 0) is 49.4 Å². The maximum atomic E-state index is 12.3. The van der Waals surface area contributed by atoms with Crippen LogP contribution in [0.15, 0.2) is 47.6 Å². The van der Waals surface area contributed by atoms with Crippen LogP contribution in [0.4, 0.5) is 0 Å². The lowest BCUT2D eigenvalue weighted by Gasteiger charge is -2.44. The van der Waals surface area contributed by atoms with Crippen molar-refractivity contribution in [3.05, 3.63) is 48.0 Å². The molecule has 5 unspecified atom stereocenters. The predicted molar refractivity (Wildman–Crippen MR) is 165 cm³/mol. The lowest BCUT2D eigenvalue weighted by molar-refractivity contribution is -0.237. The molecule has 248 valence electrons. The third-order valence-corrected chi connectivity index (χ3v) is 7.95. The van der Waals surface area contributed by atoms with E-state index in [2.05, 4.69) is 0 Å². The highest BCUT2D eigenvalue weighted by atomic mass is 32.2. The van der Waals surface area contributed by atoms with E-state index >= 15 is 0 Å². The van der Waals surface area contributed by atoms with E-state index in [9.17, 15) is 19.2 Å². The average Bonchev–Trinajstić information content (AvgIpc) is 3.34. The van der Waals surface area contributed by atoms with E-state index in [0.29, 0.717) is 35.3 Å². The number of thioether (sulfide) groups is 1. The number of carbonyl (C=O) groups is 4. The smallest absolute Gasteiger partial charge is 0.303 e. The highest BCUT2D eigenvalue weighted by Gasteiger charge is 2.52. The van der Waals surface area contributed by atoms with Gasteiger partial charge in [0, 0.05) is 27.7 Å². The van der Waals surface area contributed by atoms with Crippen molar-refractivity contribution in [1.82, 2.24) is 9.55 Å². The zero-order valence-corrected chi connectivity index (χ0v) is 27.4. The fourth-order valence-electron chi connectivity index (χ4n) is 5.01. The van der Waals surface area contributed by atoms with Crippen LogP contribution in [0.5, 0.6) is 11.5 Å². The Labute approximate surface area is 270 Å². The Morgan fingerprint density at radius 1 is 0.870 bits per heavy atom. The topological polar surface area (TPSA) is 151 Å². The molecule has 14 heteroatoms. The van der Waals surface area contributed by atoms with Crippen molar-refractivity contribution in [2.75, 3.05) is 20.3 Å². The zero-order valence-electron chi connectivity index (χ0n) is 26.6. The van der Waals surface area contributed by atoms with Crippen molar-refractivity contribution in [2.24, 2.45) is 0 Å². The van der Waals surface area contributed by atoms with Gasteiger partial charge >= 0.3 is 23.9 Å². The lowest BCUT2D eigenvalue weighted by atomic mass is 9.99. The van der Waals surface area contributed by atoms with Crippen molar-refractivity contribution in [3.63, 3.8) is 0 Å². The van der Waals surface area contributed by atoms with Gasteiger partial charge in [-0.15, -0.1) is 0 Å². The molecule has 2 aromatic carbocycles. The number of hydrogen-bond donors (Lipinski definition) is 0. The molecule has 0 amide bonds. The number of methoxy groups -OCH3 is 1. The summed E-state index contributed by atoms with van der Waals surface area (Å²) in [6.45, 7) is 7.41. The molecule has 3 aromatic rings. The van der Waals surface area contributed by atoms with Crippen molar-refractivity contribution in [3.8, 4) is 11.5 Å². The standard InChI is InChI=1S/C32H38N2O11S/c1-7-14-40-25-13-12-22(15-26(25)39-6)16-34-24-11-9-8-10-23(24)33-32(34)46-31-30(44-21(5)38)29(43-20(4)37)28(42-19(3)36)27(45-31)17-41-18(2)35/h8-13,15,27-31H,7,14,16-17H2,1-6H3. The van der Waals surface area contributed by atoms with Crippen LogP contribution >= 0.6 is 11.8 Å². The number of nitrogens with zero attached hydrogens (tertiary/aromatic N) is 2. The van der Waals surface area contributed by atoms with E-state index in [1.54, 1.807) is 7.11 Å². The first kappa shape index (κ1) is 34.6. The Morgan fingerprint density at radius 3 is 2.20 bits per heavy atom. The Morgan fingerprint density at radius 2 is 1.54 bits per heavy atom. The van der Waals surface area contributed by atoms with E-state index in [-0.39, 0.29) is 6.61 Å². The maximum Gasteiger partial charge on any atom is 0.303 e. The molecule has 1 aliphatic heterocycles. The van der Waals surface area contributed by atoms with Gasteiger partial charge in [-0.3, -0.25) is 19.2 Å². The molecular formula is C32H38N2O11S. The quantitative estimate of drug-likeness (QED) is 0.192. The minimum Gasteiger partial charge on any atom is -0.493 e. The van der Waals surface area contributed by atoms with Crippen molar-refractivity contribution in [1.29, 1.82) is 0 Å². The van der Waals surface area contributed by atoms with Gasteiger partial charge < -0.3 is 37.7 Å². The summed E-state index contributed by atoms with van der Waals surface area (Å²) in [6.07, 6.45) is -3.98. The summed E-state index contributed by atoms with van der Waals surface area (Å²) in [6, 6.07) is 13.2. The van der Waals surface area contributed by atoms with Crippen molar-refractivity contribution < 1.29 is 52.3 Å². The third-order valence-electron chi connectivity index (χ3n) is 6.82. The number of carbonyl (C=O) groups excluding carboxylic acids is 4. The monoisotopic (exact) mass is 658 g/mol. The van der Waals surface area contributed by atoms with Crippen LogP contribution in [0, 0.1) is 0 Å². The van der Waals surface area contributed by atoms with Crippen LogP contribution in [0.3, 0.4) is 0 Å². The number of aromatic nitrogens is 2. The molecule has 0 spiro atoms. The van der Waals surface area contributed by atoms with E-state index in [1.165, 1.54) is 27.7 Å². The number of ether oxygens (including phenoxy) is 7. The van der Waals surface area contributed by atoms with E-state index < -0.39 is 53.7 Å². The second-order valence-corrected chi connectivity index (χ2v) is 11.6. The Bertz CT molecular complexity index is 1560. The largest absolute Gasteiger partial charge is 0.493 e. The van der Waals surface area contributed by atoms with E-state index in [4.69, 9.17) is 38.1 Å². The second kappa shape index (κ2) is 15.8. The normalized spacial score (nSPS) is 20.9. The maximum absolute atomic E-state index is 12.3. The number of imidazole rings is 1. The molecule has 0 aliphatic carbocycles.